The molecule has 0 heterocycles. The van der Waals surface area contributed by atoms with E-state index in [2.05, 4.69) is 33.8 Å². The quantitative estimate of drug-likeness (QED) is 0.534. The molecule has 0 saturated heterocycles. The van der Waals surface area contributed by atoms with Crippen molar-refractivity contribution < 1.29 is 9.59 Å². The molecule has 0 radical (unpaired) electrons. The van der Waals surface area contributed by atoms with Crippen molar-refractivity contribution in [3.8, 4) is 0 Å². The molecule has 160 valence electrons. The monoisotopic (exact) mass is 412 g/mol. The van der Waals surface area contributed by atoms with Gasteiger partial charge in [-0.25, -0.2) is 0 Å². The highest BCUT2D eigenvalue weighted by atomic mass is 16.1. The third-order valence-electron chi connectivity index (χ3n) is 6.53. The van der Waals surface area contributed by atoms with Gasteiger partial charge in [0, 0.05) is 12.0 Å². The molecule has 2 aliphatic rings. The van der Waals surface area contributed by atoms with E-state index in [1.54, 1.807) is 0 Å². The summed E-state index contributed by atoms with van der Waals surface area (Å²) in [5.41, 5.74) is 4.74. The fourth-order valence-corrected chi connectivity index (χ4v) is 5.73. The molecule has 2 nitrogen and oxygen atoms in total. The minimum Gasteiger partial charge on any atom is -0.294 e. The molecule has 0 amide bonds. The van der Waals surface area contributed by atoms with Crippen LogP contribution in [0.1, 0.15) is 70.4 Å². The normalized spacial score (nSPS) is 22.4. The zero-order valence-corrected chi connectivity index (χ0v) is 19.1. The van der Waals surface area contributed by atoms with E-state index in [9.17, 15) is 9.59 Å². The summed E-state index contributed by atoms with van der Waals surface area (Å²) in [7, 11) is 0. The Labute approximate surface area is 186 Å². The molecule has 0 aromatic heterocycles. The lowest BCUT2D eigenvalue weighted by Gasteiger charge is -2.39. The van der Waals surface area contributed by atoms with E-state index in [0.29, 0.717) is 12.8 Å². The number of Topliss-reactive ketones (excluding diaryl/α,β-unsaturated/α-hetero) is 2. The standard InChI is InChI=1S/C29H32O2/c1-28(2)17-23(18-29(3,4)19-28)25(30)16-22-15-24(20-11-7-5-8-12-20)27(31)26(22)21-13-9-6-10-14-21/h5-14,17,24H,15-16,18-19H2,1-4H3. The van der Waals surface area contributed by atoms with Gasteiger partial charge >= 0.3 is 0 Å². The molecule has 0 N–H and O–H groups in total. The molecule has 2 aliphatic carbocycles. The number of allylic oxidation sites excluding steroid dienone is 4. The van der Waals surface area contributed by atoms with E-state index >= 15 is 0 Å². The van der Waals surface area contributed by atoms with Gasteiger partial charge in [-0.2, -0.15) is 0 Å². The summed E-state index contributed by atoms with van der Waals surface area (Å²) in [4.78, 5) is 26.9. The zero-order valence-electron chi connectivity index (χ0n) is 19.1. The van der Waals surface area contributed by atoms with Crippen LogP contribution >= 0.6 is 0 Å². The number of benzene rings is 2. The summed E-state index contributed by atoms with van der Waals surface area (Å²) in [5, 5.41) is 0. The molecule has 2 heteroatoms. The first-order chi connectivity index (χ1) is 14.7. The first kappa shape index (κ1) is 21.5. The summed E-state index contributed by atoms with van der Waals surface area (Å²) in [6.45, 7) is 8.91. The van der Waals surface area contributed by atoms with Gasteiger partial charge in [0.25, 0.3) is 0 Å². The summed E-state index contributed by atoms with van der Waals surface area (Å²) in [6, 6.07) is 19.8. The third-order valence-corrected chi connectivity index (χ3v) is 6.53. The Bertz CT molecular complexity index is 1050. The largest absolute Gasteiger partial charge is 0.294 e. The van der Waals surface area contributed by atoms with Gasteiger partial charge < -0.3 is 0 Å². The van der Waals surface area contributed by atoms with Crippen LogP contribution < -0.4 is 0 Å². The minimum atomic E-state index is -0.201. The molecule has 0 saturated carbocycles. The number of hydrogen-bond acceptors (Lipinski definition) is 2. The topological polar surface area (TPSA) is 34.1 Å². The minimum absolute atomic E-state index is 0.0153. The van der Waals surface area contributed by atoms with Crippen LogP contribution in [0.2, 0.25) is 0 Å². The summed E-state index contributed by atoms with van der Waals surface area (Å²) < 4.78 is 0. The Morgan fingerprint density at radius 1 is 0.935 bits per heavy atom. The van der Waals surface area contributed by atoms with Crippen LogP contribution in [0.3, 0.4) is 0 Å². The number of carbonyl (C=O) groups is 2. The lowest BCUT2D eigenvalue weighted by molar-refractivity contribution is -0.116. The first-order valence-electron chi connectivity index (χ1n) is 11.3. The van der Waals surface area contributed by atoms with E-state index in [0.717, 1.165) is 40.7 Å². The van der Waals surface area contributed by atoms with Gasteiger partial charge in [0.05, 0.1) is 5.92 Å². The van der Waals surface area contributed by atoms with Gasteiger partial charge in [0.2, 0.25) is 0 Å². The van der Waals surface area contributed by atoms with Crippen LogP contribution in [0.25, 0.3) is 5.57 Å². The highest BCUT2D eigenvalue weighted by molar-refractivity contribution is 6.27. The smallest absolute Gasteiger partial charge is 0.171 e. The van der Waals surface area contributed by atoms with E-state index < -0.39 is 0 Å². The summed E-state index contributed by atoms with van der Waals surface area (Å²) in [5.74, 6) is 0.108. The van der Waals surface area contributed by atoms with Gasteiger partial charge in [-0.1, -0.05) is 94.4 Å². The maximum Gasteiger partial charge on any atom is 0.171 e. The van der Waals surface area contributed by atoms with Crippen LogP contribution in [0.5, 0.6) is 0 Å². The van der Waals surface area contributed by atoms with Crippen LogP contribution in [0, 0.1) is 10.8 Å². The number of rotatable bonds is 5. The van der Waals surface area contributed by atoms with E-state index in [1.807, 2.05) is 60.7 Å². The van der Waals surface area contributed by atoms with Crippen molar-refractivity contribution in [1.29, 1.82) is 0 Å². The van der Waals surface area contributed by atoms with Crippen molar-refractivity contribution in [3.63, 3.8) is 0 Å². The van der Waals surface area contributed by atoms with Gasteiger partial charge in [0.1, 0.15) is 0 Å². The van der Waals surface area contributed by atoms with E-state index in [1.165, 1.54) is 0 Å². The highest BCUT2D eigenvalue weighted by Gasteiger charge is 2.38. The Morgan fingerprint density at radius 2 is 1.55 bits per heavy atom. The second-order valence-corrected chi connectivity index (χ2v) is 10.7. The average molecular weight is 413 g/mol. The average Bonchev–Trinajstić information content (AvgIpc) is 3.02. The second kappa shape index (κ2) is 8.07. The molecule has 1 unspecified atom stereocenters. The Balaban J connectivity index is 1.68. The van der Waals surface area contributed by atoms with E-state index in [-0.39, 0.29) is 28.3 Å². The fraction of sp³-hybridized carbons (Fsp3) is 0.379. The van der Waals surface area contributed by atoms with Crippen LogP contribution in [0.15, 0.2) is 77.9 Å². The summed E-state index contributed by atoms with van der Waals surface area (Å²) in [6.07, 6.45) is 5.01. The Kier molecular flexibility index (Phi) is 5.60. The molecule has 4 rings (SSSR count). The molecular formula is C29H32O2. The molecule has 2 aromatic carbocycles. The van der Waals surface area contributed by atoms with Crippen molar-refractivity contribution in [1.82, 2.24) is 0 Å². The molecule has 0 aliphatic heterocycles. The SMILES string of the molecule is CC1(C)C=C(C(=O)CC2=C(c3ccccc3)C(=O)C(c3ccccc3)C2)CC(C)(C)C1. The molecule has 0 spiro atoms. The van der Waals surface area contributed by atoms with Crippen molar-refractivity contribution in [3.05, 3.63) is 89.0 Å². The lowest BCUT2D eigenvalue weighted by atomic mass is 9.66. The van der Waals surface area contributed by atoms with E-state index in [4.69, 9.17) is 0 Å². The fourth-order valence-electron chi connectivity index (χ4n) is 5.73. The maximum absolute atomic E-state index is 13.5. The molecule has 1 atom stereocenters. The van der Waals surface area contributed by atoms with Crippen LogP contribution in [-0.2, 0) is 9.59 Å². The summed E-state index contributed by atoms with van der Waals surface area (Å²) >= 11 is 0. The molecule has 0 bridgehead atoms. The molecule has 31 heavy (non-hydrogen) atoms. The predicted molar refractivity (Wildman–Crippen MR) is 127 cm³/mol. The number of carbonyl (C=O) groups excluding carboxylic acids is 2. The second-order valence-electron chi connectivity index (χ2n) is 10.7. The van der Waals surface area contributed by atoms with Crippen molar-refractivity contribution in [2.75, 3.05) is 0 Å². The highest BCUT2D eigenvalue weighted by Crippen LogP contribution is 2.46. The van der Waals surface area contributed by atoms with Crippen molar-refractivity contribution in [2.45, 2.75) is 59.3 Å². The maximum atomic E-state index is 13.5. The van der Waals surface area contributed by atoms with Crippen molar-refractivity contribution in [2.24, 2.45) is 10.8 Å². The van der Waals surface area contributed by atoms with Gasteiger partial charge in [-0.3, -0.25) is 9.59 Å². The van der Waals surface area contributed by atoms with Gasteiger partial charge in [-0.15, -0.1) is 0 Å². The zero-order chi connectivity index (χ0) is 22.2. The molecule has 2 aromatic rings. The first-order valence-corrected chi connectivity index (χ1v) is 11.3. The van der Waals surface area contributed by atoms with Crippen molar-refractivity contribution >= 4 is 17.1 Å². The Hall–Kier alpha value is -2.74. The Morgan fingerprint density at radius 3 is 2.16 bits per heavy atom. The molecule has 0 fully saturated rings. The molecular weight excluding hydrogens is 380 g/mol. The number of ketones is 2. The predicted octanol–water partition coefficient (Wildman–Crippen LogP) is 6.93. The van der Waals surface area contributed by atoms with Gasteiger partial charge in [0.15, 0.2) is 11.6 Å². The third kappa shape index (κ3) is 4.63. The van der Waals surface area contributed by atoms with Crippen LogP contribution in [0.4, 0.5) is 0 Å². The van der Waals surface area contributed by atoms with Gasteiger partial charge in [-0.05, 0) is 52.4 Å². The lowest BCUT2D eigenvalue weighted by Crippen LogP contribution is -2.29. The van der Waals surface area contributed by atoms with Crippen LogP contribution in [-0.4, -0.2) is 11.6 Å². The number of hydrogen-bond donors (Lipinski definition) is 0.